The number of nitrogens with zero attached hydrogens (tertiary/aromatic N) is 4. The number of ether oxygens (including phenoxy) is 1. The number of aliphatic hydroxyl groups is 2. The molecule has 40 heavy (non-hydrogen) atoms. The van der Waals surface area contributed by atoms with Gasteiger partial charge in [0.15, 0.2) is 17.7 Å². The molecule has 3 heterocycles. The molecule has 0 aromatic carbocycles. The highest BCUT2D eigenvalue weighted by molar-refractivity contribution is 7.99. The average molecular weight is 653 g/mol. The highest BCUT2D eigenvalue weighted by Crippen LogP contribution is 2.62. The second-order valence-electron chi connectivity index (χ2n) is 8.22. The van der Waals surface area contributed by atoms with E-state index in [-0.39, 0.29) is 34.9 Å². The maximum Gasteiger partial charge on any atom is 0.480 e. The van der Waals surface area contributed by atoms with Gasteiger partial charge in [-0.2, -0.15) is 16.1 Å². The van der Waals surface area contributed by atoms with Crippen LogP contribution in [0.1, 0.15) is 12.6 Å². The van der Waals surface area contributed by atoms with Crippen molar-refractivity contribution in [3.05, 3.63) is 12.7 Å². The number of fused-ring (bicyclic) bond motifs is 1. The van der Waals surface area contributed by atoms with Crippen LogP contribution in [0, 0.1) is 0 Å². The van der Waals surface area contributed by atoms with E-state index < -0.39 is 66.0 Å². The number of thioether (sulfide) groups is 1. The minimum atomic E-state index is -5.64. The summed E-state index contributed by atoms with van der Waals surface area (Å²) in [6, 6.07) is -1.23. The van der Waals surface area contributed by atoms with Crippen molar-refractivity contribution in [3.63, 3.8) is 0 Å². The van der Waals surface area contributed by atoms with E-state index in [0.717, 1.165) is 22.9 Å². The SMILES string of the molecule is Nc1ncnc2c1ncn2[C@@H]1O[C@H]([C@H](CSCCC(N)C(=O)O)OP(=O)(O)OP(=O)(O)NP(=O)(O)O)[C@@H](O)[C@H]1O. The van der Waals surface area contributed by atoms with Gasteiger partial charge in [0.2, 0.25) is 0 Å². The van der Waals surface area contributed by atoms with Crippen molar-refractivity contribution >= 4 is 58.0 Å². The predicted octanol–water partition coefficient (Wildman–Crippen LogP) is -2.15. The zero-order valence-electron chi connectivity index (χ0n) is 19.9. The number of phosphoric acid groups is 1. The van der Waals surface area contributed by atoms with Crippen LogP contribution in [0.25, 0.3) is 11.2 Å². The minimum absolute atomic E-state index is 0.00114. The first-order valence-electron chi connectivity index (χ1n) is 10.8. The second-order valence-corrected chi connectivity index (χ2v) is 14.1. The summed E-state index contributed by atoms with van der Waals surface area (Å²) in [5.74, 6) is -1.58. The van der Waals surface area contributed by atoms with E-state index in [4.69, 9.17) is 35.6 Å². The number of carbonyl (C=O) groups is 1. The number of carboxylic acids is 1. The Labute approximate surface area is 228 Å². The third-order valence-corrected chi connectivity index (χ3v) is 10.6. The molecule has 2 aromatic rings. The fourth-order valence-corrected chi connectivity index (χ4v) is 8.29. The van der Waals surface area contributed by atoms with Crippen molar-refractivity contribution in [2.45, 2.75) is 43.1 Å². The molecule has 0 aliphatic carbocycles. The normalized spacial score (nSPS) is 26.3. The van der Waals surface area contributed by atoms with Crippen LogP contribution in [0.15, 0.2) is 12.7 Å². The Hall–Kier alpha value is -1.58. The Morgan fingerprint density at radius 2 is 1.85 bits per heavy atom. The molecule has 21 nitrogen and oxygen atoms in total. The number of hydrogen-bond acceptors (Lipinski definition) is 15. The van der Waals surface area contributed by atoms with Crippen LogP contribution in [-0.2, 0) is 32.1 Å². The Bertz CT molecular complexity index is 1360. The molecule has 1 aliphatic heterocycles. The number of nitrogen functional groups attached to an aromatic ring is 1. The van der Waals surface area contributed by atoms with Gasteiger partial charge in [0.25, 0.3) is 0 Å². The largest absolute Gasteiger partial charge is 0.480 e. The van der Waals surface area contributed by atoms with Crippen LogP contribution in [-0.4, -0.2) is 102 Å². The summed E-state index contributed by atoms with van der Waals surface area (Å²) in [4.78, 5) is 60.9. The molecular formula is C15H26N7O14P3S. The molecule has 3 unspecified atom stereocenters. The van der Waals surface area contributed by atoms with Crippen molar-refractivity contribution in [1.82, 2.24) is 24.4 Å². The van der Waals surface area contributed by atoms with Crippen LogP contribution in [0.4, 0.5) is 5.82 Å². The van der Waals surface area contributed by atoms with Crippen LogP contribution in [0.5, 0.6) is 0 Å². The Kier molecular flexibility index (Phi) is 10.5. The lowest BCUT2D eigenvalue weighted by Crippen LogP contribution is -2.41. The van der Waals surface area contributed by atoms with E-state index in [1.165, 1.54) is 10.9 Å². The van der Waals surface area contributed by atoms with E-state index in [1.54, 1.807) is 0 Å². The van der Waals surface area contributed by atoms with Gasteiger partial charge in [0.05, 0.1) is 6.33 Å². The Morgan fingerprint density at radius 1 is 1.18 bits per heavy atom. The quantitative estimate of drug-likeness (QED) is 0.0767. The number of nitrogens with one attached hydrogen (secondary N) is 1. The van der Waals surface area contributed by atoms with Crippen molar-refractivity contribution < 1.29 is 67.0 Å². The number of carboxylic acid groups (broad SMARTS) is 1. The molecule has 0 amide bonds. The zero-order chi connectivity index (χ0) is 30.0. The maximum atomic E-state index is 12.6. The van der Waals surface area contributed by atoms with Gasteiger partial charge in [-0.1, -0.05) is 0 Å². The number of nitrogens with two attached hydrogens (primary N) is 2. The number of rotatable bonds is 14. The first-order valence-corrected chi connectivity index (χ1v) is 16.7. The Balaban J connectivity index is 1.84. The summed E-state index contributed by atoms with van der Waals surface area (Å²) in [7, 11) is -16.7. The van der Waals surface area contributed by atoms with Crippen LogP contribution < -0.4 is 16.3 Å². The fraction of sp³-hybridized carbons (Fsp3) is 0.600. The predicted molar refractivity (Wildman–Crippen MR) is 134 cm³/mol. The van der Waals surface area contributed by atoms with Crippen molar-refractivity contribution in [3.8, 4) is 0 Å². The highest BCUT2D eigenvalue weighted by Gasteiger charge is 2.50. The summed E-state index contributed by atoms with van der Waals surface area (Å²) >= 11 is 0.912. The molecule has 8 atom stereocenters. The molecule has 3 rings (SSSR count). The third-order valence-electron chi connectivity index (χ3n) is 5.21. The zero-order valence-corrected chi connectivity index (χ0v) is 23.4. The molecule has 12 N–H and O–H groups in total. The van der Waals surface area contributed by atoms with Gasteiger partial charge < -0.3 is 51.1 Å². The summed E-state index contributed by atoms with van der Waals surface area (Å²) < 4.78 is 51.4. The summed E-state index contributed by atoms with van der Waals surface area (Å²) in [5, 5.41) is 30.4. The van der Waals surface area contributed by atoms with Gasteiger partial charge >= 0.3 is 29.3 Å². The first kappa shape index (κ1) is 32.9. The van der Waals surface area contributed by atoms with Gasteiger partial charge in [-0.25, -0.2) is 28.6 Å². The maximum absolute atomic E-state index is 12.6. The summed E-state index contributed by atoms with van der Waals surface area (Å²) in [6.45, 7) is 0. The number of imidazole rings is 1. The van der Waals surface area contributed by atoms with Crippen molar-refractivity contribution in [2.24, 2.45) is 5.73 Å². The monoisotopic (exact) mass is 653 g/mol. The van der Waals surface area contributed by atoms with E-state index >= 15 is 0 Å². The number of aliphatic carboxylic acids is 1. The van der Waals surface area contributed by atoms with Crippen molar-refractivity contribution in [1.29, 1.82) is 0 Å². The number of aliphatic hydroxyl groups excluding tert-OH is 2. The molecule has 1 aliphatic rings. The van der Waals surface area contributed by atoms with Crippen LogP contribution in [0.3, 0.4) is 0 Å². The third kappa shape index (κ3) is 8.48. The van der Waals surface area contributed by atoms with E-state index in [9.17, 15) is 38.5 Å². The van der Waals surface area contributed by atoms with Gasteiger partial charge in [0, 0.05) is 5.75 Å². The second kappa shape index (κ2) is 12.7. The number of anilines is 1. The average Bonchev–Trinajstić information content (AvgIpc) is 3.35. The van der Waals surface area contributed by atoms with Gasteiger partial charge in [-0.3, -0.25) is 13.9 Å². The molecule has 0 bridgehead atoms. The van der Waals surface area contributed by atoms with Crippen LogP contribution >= 0.6 is 35.1 Å². The molecule has 1 fully saturated rings. The lowest BCUT2D eigenvalue weighted by molar-refractivity contribution is -0.138. The molecule has 226 valence electrons. The van der Waals surface area contributed by atoms with Crippen molar-refractivity contribution in [2.75, 3.05) is 17.2 Å². The van der Waals surface area contributed by atoms with Gasteiger partial charge in [-0.05, 0) is 12.2 Å². The lowest BCUT2D eigenvalue weighted by atomic mass is 10.1. The molecular weight excluding hydrogens is 627 g/mol. The lowest BCUT2D eigenvalue weighted by Gasteiger charge is -2.27. The van der Waals surface area contributed by atoms with Crippen LogP contribution in [0.2, 0.25) is 0 Å². The van der Waals surface area contributed by atoms with Gasteiger partial charge in [-0.15, -0.1) is 4.86 Å². The molecule has 0 radical (unpaired) electrons. The fourth-order valence-electron chi connectivity index (χ4n) is 3.51. The summed E-state index contributed by atoms with van der Waals surface area (Å²) in [5.41, 5.74) is 11.4. The Morgan fingerprint density at radius 3 is 2.48 bits per heavy atom. The van der Waals surface area contributed by atoms with E-state index in [0.29, 0.717) is 0 Å². The first-order chi connectivity index (χ1) is 18.4. The van der Waals surface area contributed by atoms with Gasteiger partial charge in [0.1, 0.15) is 42.3 Å². The molecule has 25 heteroatoms. The molecule has 0 spiro atoms. The molecule has 2 aromatic heterocycles. The van der Waals surface area contributed by atoms with E-state index in [2.05, 4.69) is 19.3 Å². The standard InChI is InChI=1S/C15H26N7O14P3S/c16-6(15(25)26)1-2-40-3-7(35-39(32,33)36-38(30,31)21-37(27,28)29)11-9(23)10(24)14(34-11)22-5-20-8-12(17)18-4-19-13(8)22/h4-7,9-11,14,23-24H,1-3,16H2,(H,25,26)(H,32,33)(H2,17,18,19)(H4,21,27,28,29,30,31)/t6?,7-,9-,10+,11+,14+/m0/s1. The molecule has 1 saturated heterocycles. The number of phosphoric ester groups is 1. The molecule has 0 saturated carbocycles. The highest BCUT2D eigenvalue weighted by atomic mass is 32.2. The smallest absolute Gasteiger partial charge is 0.480 e. The summed E-state index contributed by atoms with van der Waals surface area (Å²) in [6.07, 6.45) is -6.05. The minimum Gasteiger partial charge on any atom is -0.480 e. The topological polar surface area (TPSA) is 345 Å². The number of aromatic nitrogens is 4. The van der Waals surface area contributed by atoms with E-state index in [1.807, 2.05) is 0 Å². The number of hydrogen-bond donors (Lipinski definition) is 10.